The van der Waals surface area contributed by atoms with E-state index in [2.05, 4.69) is 20.8 Å². The number of halogens is 1. The van der Waals surface area contributed by atoms with Crippen molar-refractivity contribution in [2.75, 3.05) is 19.6 Å². The molecular weight excluding hydrogens is 122 g/mol. The topological polar surface area (TPSA) is 4.44 Å². The lowest BCUT2D eigenvalue weighted by atomic mass is 10.5. The summed E-state index contributed by atoms with van der Waals surface area (Å²) >= 11 is 0. The van der Waals surface area contributed by atoms with Gasteiger partial charge in [-0.1, -0.05) is 0 Å². The van der Waals surface area contributed by atoms with Crippen molar-refractivity contribution in [2.24, 2.45) is 0 Å². The first kappa shape index (κ1) is 11.1. The number of quaternary nitrogens is 1. The Kier molecular flexibility index (Phi) is 10.1. The van der Waals surface area contributed by atoms with Gasteiger partial charge in [-0.15, -0.1) is 12.4 Å². The second-order valence-electron chi connectivity index (χ2n) is 1.81. The highest BCUT2D eigenvalue weighted by Gasteiger charge is 1.92. The summed E-state index contributed by atoms with van der Waals surface area (Å²) in [7, 11) is 0. The molecule has 0 aliphatic rings. The summed E-state index contributed by atoms with van der Waals surface area (Å²) in [4.78, 5) is 1.68. The highest BCUT2D eigenvalue weighted by atomic mass is 35.5. The summed E-state index contributed by atoms with van der Waals surface area (Å²) in [5.41, 5.74) is 0. The molecule has 1 N–H and O–H groups in total. The molecule has 0 aromatic heterocycles. The van der Waals surface area contributed by atoms with Gasteiger partial charge in [0.15, 0.2) is 0 Å². The van der Waals surface area contributed by atoms with Crippen molar-refractivity contribution < 1.29 is 4.90 Å². The first-order chi connectivity index (χ1) is 3.35. The number of hydrogen-bond acceptors (Lipinski definition) is 0. The van der Waals surface area contributed by atoms with Gasteiger partial charge in [0.1, 0.15) is 0 Å². The van der Waals surface area contributed by atoms with Crippen LogP contribution in [0.5, 0.6) is 0 Å². The Bertz CT molecular complexity index is 30.0. The minimum Gasteiger partial charge on any atom is -0.336 e. The molecule has 0 saturated carbocycles. The summed E-state index contributed by atoms with van der Waals surface area (Å²) in [5, 5.41) is 0. The molecule has 0 spiro atoms. The smallest absolute Gasteiger partial charge is 0.0742 e. The molecule has 0 bridgehead atoms. The fourth-order valence-electron chi connectivity index (χ4n) is 0.750. The summed E-state index contributed by atoms with van der Waals surface area (Å²) in [6.07, 6.45) is 0. The molecule has 0 saturated heterocycles. The normalized spacial score (nSPS) is 9.00. The van der Waals surface area contributed by atoms with Gasteiger partial charge in [0.25, 0.3) is 0 Å². The van der Waals surface area contributed by atoms with Gasteiger partial charge in [0.05, 0.1) is 19.6 Å². The first-order valence-electron chi connectivity index (χ1n) is 3.18. The van der Waals surface area contributed by atoms with E-state index in [1.165, 1.54) is 19.6 Å². The Morgan fingerprint density at radius 3 is 1.12 bits per heavy atom. The van der Waals surface area contributed by atoms with Gasteiger partial charge in [-0.2, -0.15) is 0 Å². The van der Waals surface area contributed by atoms with E-state index in [0.717, 1.165) is 0 Å². The van der Waals surface area contributed by atoms with Gasteiger partial charge in [0, 0.05) is 0 Å². The van der Waals surface area contributed by atoms with Gasteiger partial charge in [-0.25, -0.2) is 0 Å². The molecule has 1 nitrogen and oxygen atoms in total. The number of nitrogens with one attached hydrogen (secondary N) is 1. The lowest BCUT2D eigenvalue weighted by Gasteiger charge is -2.10. The monoisotopic (exact) mass is 138 g/mol. The van der Waals surface area contributed by atoms with Gasteiger partial charge in [0.2, 0.25) is 0 Å². The molecule has 52 valence electrons. The van der Waals surface area contributed by atoms with E-state index in [1.54, 1.807) is 4.90 Å². The highest BCUT2D eigenvalue weighted by Crippen LogP contribution is 1.45. The second-order valence-corrected chi connectivity index (χ2v) is 1.81. The fourth-order valence-corrected chi connectivity index (χ4v) is 0.750. The van der Waals surface area contributed by atoms with Crippen molar-refractivity contribution in [2.45, 2.75) is 20.8 Å². The van der Waals surface area contributed by atoms with Crippen LogP contribution in [0.4, 0.5) is 0 Å². The standard InChI is InChI=1S/C6H15N.ClH/c1-4-7(5-2)6-3;/h4-6H2,1-3H3;1H/p+1. The van der Waals surface area contributed by atoms with Crippen LogP contribution in [0.2, 0.25) is 0 Å². The molecule has 0 heterocycles. The molecule has 2 heteroatoms. The zero-order valence-corrected chi connectivity index (χ0v) is 6.85. The van der Waals surface area contributed by atoms with E-state index in [4.69, 9.17) is 0 Å². The average Bonchev–Trinajstić information content (AvgIpc) is 1.72. The van der Waals surface area contributed by atoms with Crippen LogP contribution in [0.25, 0.3) is 0 Å². The Hall–Kier alpha value is 0.250. The summed E-state index contributed by atoms with van der Waals surface area (Å²) < 4.78 is 0. The van der Waals surface area contributed by atoms with Crippen LogP contribution in [0.3, 0.4) is 0 Å². The largest absolute Gasteiger partial charge is 0.336 e. The SMILES string of the molecule is CC[NH+](CC)CC.Cl. The maximum atomic E-state index is 2.22. The molecule has 0 unspecified atom stereocenters. The van der Waals surface area contributed by atoms with Crippen LogP contribution in [0, 0.1) is 0 Å². The molecule has 0 radical (unpaired) electrons. The molecule has 8 heavy (non-hydrogen) atoms. The van der Waals surface area contributed by atoms with Gasteiger partial charge in [-0.3, -0.25) is 0 Å². The fraction of sp³-hybridized carbons (Fsp3) is 1.00. The van der Waals surface area contributed by atoms with Crippen molar-refractivity contribution >= 4 is 12.4 Å². The summed E-state index contributed by atoms with van der Waals surface area (Å²) in [6, 6.07) is 0. The molecule has 0 rings (SSSR count). The molecule has 0 aliphatic carbocycles. The second kappa shape index (κ2) is 7.25. The van der Waals surface area contributed by atoms with Crippen molar-refractivity contribution in [3.63, 3.8) is 0 Å². The Balaban J connectivity index is 0. The lowest BCUT2D eigenvalue weighted by Crippen LogP contribution is -3.11. The summed E-state index contributed by atoms with van der Waals surface area (Å²) in [5.74, 6) is 0. The predicted octanol–water partition coefficient (Wildman–Crippen LogP) is 0.353. The minimum atomic E-state index is 0. The third-order valence-corrected chi connectivity index (χ3v) is 1.50. The third-order valence-electron chi connectivity index (χ3n) is 1.50. The zero-order chi connectivity index (χ0) is 5.70. The van der Waals surface area contributed by atoms with Crippen LogP contribution in [0.15, 0.2) is 0 Å². The van der Waals surface area contributed by atoms with Crippen LogP contribution >= 0.6 is 12.4 Å². The number of hydrogen-bond donors (Lipinski definition) is 1. The maximum absolute atomic E-state index is 2.22. The lowest BCUT2D eigenvalue weighted by molar-refractivity contribution is -0.894. The predicted molar refractivity (Wildman–Crippen MR) is 39.8 cm³/mol. The van der Waals surface area contributed by atoms with Crippen LogP contribution < -0.4 is 4.90 Å². The molecule has 0 aromatic rings. The van der Waals surface area contributed by atoms with E-state index < -0.39 is 0 Å². The van der Waals surface area contributed by atoms with E-state index in [0.29, 0.717) is 0 Å². The molecule has 0 aliphatic heterocycles. The van der Waals surface area contributed by atoms with Crippen molar-refractivity contribution in [3.8, 4) is 0 Å². The Morgan fingerprint density at radius 1 is 0.875 bits per heavy atom. The van der Waals surface area contributed by atoms with Gasteiger partial charge >= 0.3 is 0 Å². The van der Waals surface area contributed by atoms with E-state index in [1.807, 2.05) is 0 Å². The molecule has 0 atom stereocenters. The first-order valence-corrected chi connectivity index (χ1v) is 3.18. The molecule has 0 fully saturated rings. The third kappa shape index (κ3) is 4.41. The zero-order valence-electron chi connectivity index (χ0n) is 6.03. The van der Waals surface area contributed by atoms with Crippen LogP contribution in [-0.2, 0) is 0 Å². The highest BCUT2D eigenvalue weighted by molar-refractivity contribution is 5.85. The van der Waals surface area contributed by atoms with Crippen molar-refractivity contribution in [1.82, 2.24) is 0 Å². The van der Waals surface area contributed by atoms with Crippen molar-refractivity contribution in [3.05, 3.63) is 0 Å². The van der Waals surface area contributed by atoms with Gasteiger partial charge in [-0.05, 0) is 20.8 Å². The van der Waals surface area contributed by atoms with Crippen molar-refractivity contribution in [1.29, 1.82) is 0 Å². The summed E-state index contributed by atoms with van der Waals surface area (Å²) in [6.45, 7) is 10.5. The van der Waals surface area contributed by atoms with E-state index >= 15 is 0 Å². The van der Waals surface area contributed by atoms with E-state index in [-0.39, 0.29) is 12.4 Å². The maximum Gasteiger partial charge on any atom is 0.0742 e. The Morgan fingerprint density at radius 2 is 1.12 bits per heavy atom. The quantitative estimate of drug-likeness (QED) is 0.575. The van der Waals surface area contributed by atoms with Crippen LogP contribution in [0.1, 0.15) is 20.8 Å². The molecule has 0 amide bonds. The van der Waals surface area contributed by atoms with Gasteiger partial charge < -0.3 is 4.90 Å². The minimum absolute atomic E-state index is 0. The average molecular weight is 139 g/mol. The number of rotatable bonds is 3. The van der Waals surface area contributed by atoms with Crippen LogP contribution in [-0.4, -0.2) is 19.6 Å². The van der Waals surface area contributed by atoms with E-state index in [9.17, 15) is 0 Å². The molecule has 0 aromatic carbocycles. The Labute approximate surface area is 58.5 Å². The molecular formula is C6H17ClN+.